The highest BCUT2D eigenvalue weighted by molar-refractivity contribution is 7.88. The summed E-state index contributed by atoms with van der Waals surface area (Å²) in [7, 11) is -3.43. The molecule has 0 atom stereocenters. The van der Waals surface area contributed by atoms with Crippen LogP contribution >= 0.6 is 0 Å². The number of ether oxygens (including phenoxy) is 2. The first-order chi connectivity index (χ1) is 13.9. The van der Waals surface area contributed by atoms with Crippen LogP contribution in [0.1, 0.15) is 29.8 Å². The Balaban J connectivity index is 2.07. The fourth-order valence-electron chi connectivity index (χ4n) is 2.54. The summed E-state index contributed by atoms with van der Waals surface area (Å²) in [6.07, 6.45) is 1.48. The van der Waals surface area contributed by atoms with Crippen molar-refractivity contribution in [1.82, 2.24) is 4.72 Å². The minimum Gasteiger partial charge on any atom is -0.490 e. The molecular weight excluding hydrogens is 392 g/mol. The SMILES string of the molecule is C=CCNS(=O)(=O)Cc1ccc(NC(=O)c2ccc(OCC)c(OCC)c2)cc1. The van der Waals surface area contributed by atoms with Crippen molar-refractivity contribution < 1.29 is 22.7 Å². The lowest BCUT2D eigenvalue weighted by molar-refractivity contribution is 0.102. The number of anilines is 1. The molecule has 0 aliphatic heterocycles. The van der Waals surface area contributed by atoms with E-state index in [0.29, 0.717) is 41.5 Å². The van der Waals surface area contributed by atoms with Crippen LogP contribution in [0.25, 0.3) is 0 Å². The average Bonchev–Trinajstić information content (AvgIpc) is 2.69. The first kappa shape index (κ1) is 22.4. The maximum absolute atomic E-state index is 12.5. The van der Waals surface area contributed by atoms with Crippen LogP contribution < -0.4 is 19.5 Å². The first-order valence-corrected chi connectivity index (χ1v) is 10.9. The van der Waals surface area contributed by atoms with Gasteiger partial charge in [0.1, 0.15) is 0 Å². The third-order valence-electron chi connectivity index (χ3n) is 3.82. The van der Waals surface area contributed by atoms with E-state index < -0.39 is 10.0 Å². The molecule has 2 aromatic carbocycles. The van der Waals surface area contributed by atoms with E-state index in [1.165, 1.54) is 6.08 Å². The minimum absolute atomic E-state index is 0.147. The maximum atomic E-state index is 12.5. The van der Waals surface area contributed by atoms with Gasteiger partial charge in [-0.15, -0.1) is 6.58 Å². The second kappa shape index (κ2) is 10.6. The molecule has 8 heteroatoms. The maximum Gasteiger partial charge on any atom is 0.255 e. The van der Waals surface area contributed by atoms with E-state index in [-0.39, 0.29) is 18.2 Å². The monoisotopic (exact) mass is 418 g/mol. The summed E-state index contributed by atoms with van der Waals surface area (Å²) in [4.78, 5) is 12.5. The molecule has 7 nitrogen and oxygen atoms in total. The Hall–Kier alpha value is -2.84. The van der Waals surface area contributed by atoms with E-state index in [0.717, 1.165) is 0 Å². The van der Waals surface area contributed by atoms with Gasteiger partial charge in [-0.1, -0.05) is 18.2 Å². The normalized spacial score (nSPS) is 11.0. The number of benzene rings is 2. The van der Waals surface area contributed by atoms with Crippen molar-refractivity contribution in [1.29, 1.82) is 0 Å². The van der Waals surface area contributed by atoms with Gasteiger partial charge in [0, 0.05) is 17.8 Å². The molecule has 0 radical (unpaired) electrons. The summed E-state index contributed by atoms with van der Waals surface area (Å²) in [6.45, 7) is 8.35. The molecule has 29 heavy (non-hydrogen) atoms. The molecule has 0 aliphatic carbocycles. The molecule has 1 amide bonds. The molecule has 0 fully saturated rings. The third-order valence-corrected chi connectivity index (χ3v) is 5.14. The second-order valence-electron chi connectivity index (χ2n) is 6.07. The van der Waals surface area contributed by atoms with Crippen LogP contribution in [0.4, 0.5) is 5.69 Å². The number of nitrogens with one attached hydrogen (secondary N) is 2. The average molecular weight is 419 g/mol. The molecule has 0 spiro atoms. The van der Waals surface area contributed by atoms with Gasteiger partial charge in [-0.05, 0) is 49.7 Å². The summed E-state index contributed by atoms with van der Waals surface area (Å²) >= 11 is 0. The fraction of sp³-hybridized carbons (Fsp3) is 0.286. The number of carbonyl (C=O) groups excluding carboxylic acids is 1. The van der Waals surface area contributed by atoms with Gasteiger partial charge in [0.05, 0.1) is 19.0 Å². The van der Waals surface area contributed by atoms with Crippen LogP contribution in [0.15, 0.2) is 55.1 Å². The zero-order valence-electron chi connectivity index (χ0n) is 16.6. The summed E-state index contributed by atoms with van der Waals surface area (Å²) in [5.74, 6) is 0.643. The second-order valence-corrected chi connectivity index (χ2v) is 7.88. The molecule has 0 saturated carbocycles. The van der Waals surface area contributed by atoms with Crippen LogP contribution in [0.3, 0.4) is 0 Å². The van der Waals surface area contributed by atoms with Crippen LogP contribution in [0.5, 0.6) is 11.5 Å². The van der Waals surface area contributed by atoms with Gasteiger partial charge in [-0.3, -0.25) is 4.79 Å². The highest BCUT2D eigenvalue weighted by Gasteiger charge is 2.13. The Kier molecular flexibility index (Phi) is 8.23. The van der Waals surface area contributed by atoms with Crippen molar-refractivity contribution >= 4 is 21.6 Å². The molecule has 0 aliphatic rings. The third kappa shape index (κ3) is 6.92. The molecule has 2 N–H and O–H groups in total. The van der Waals surface area contributed by atoms with Gasteiger partial charge in [0.2, 0.25) is 10.0 Å². The van der Waals surface area contributed by atoms with Crippen LogP contribution in [0, 0.1) is 0 Å². The van der Waals surface area contributed by atoms with Crippen molar-refractivity contribution in [3.05, 3.63) is 66.2 Å². The Labute approximate surface area is 171 Å². The van der Waals surface area contributed by atoms with Crippen LogP contribution in [-0.2, 0) is 15.8 Å². The molecule has 0 saturated heterocycles. The van der Waals surface area contributed by atoms with Crippen molar-refractivity contribution in [3.63, 3.8) is 0 Å². The topological polar surface area (TPSA) is 93.7 Å². The van der Waals surface area contributed by atoms with Gasteiger partial charge in [0.25, 0.3) is 5.91 Å². The summed E-state index contributed by atoms with van der Waals surface area (Å²) in [6, 6.07) is 11.6. The number of rotatable bonds is 11. The largest absolute Gasteiger partial charge is 0.490 e. The smallest absolute Gasteiger partial charge is 0.255 e. The van der Waals surface area contributed by atoms with E-state index in [2.05, 4.69) is 16.6 Å². The van der Waals surface area contributed by atoms with Crippen LogP contribution in [-0.4, -0.2) is 34.1 Å². The lowest BCUT2D eigenvalue weighted by Gasteiger charge is -2.12. The quantitative estimate of drug-likeness (QED) is 0.546. The molecule has 0 heterocycles. The van der Waals surface area contributed by atoms with Crippen molar-refractivity contribution in [2.24, 2.45) is 0 Å². The Morgan fingerprint density at radius 1 is 1.03 bits per heavy atom. The van der Waals surface area contributed by atoms with E-state index in [9.17, 15) is 13.2 Å². The molecule has 2 rings (SSSR count). The summed E-state index contributed by atoms with van der Waals surface area (Å²) in [5, 5.41) is 2.79. The van der Waals surface area contributed by atoms with Gasteiger partial charge in [0.15, 0.2) is 11.5 Å². The number of hydrogen-bond acceptors (Lipinski definition) is 5. The molecule has 2 aromatic rings. The Bertz CT molecular complexity index is 940. The Morgan fingerprint density at radius 2 is 1.69 bits per heavy atom. The summed E-state index contributed by atoms with van der Waals surface area (Å²) < 4.78 is 37.3. The number of hydrogen-bond donors (Lipinski definition) is 2. The number of sulfonamides is 1. The molecule has 156 valence electrons. The number of amides is 1. The van der Waals surface area contributed by atoms with E-state index in [1.54, 1.807) is 42.5 Å². The predicted octanol–water partition coefficient (Wildman–Crippen LogP) is 3.34. The lowest BCUT2D eigenvalue weighted by Crippen LogP contribution is -2.25. The van der Waals surface area contributed by atoms with Gasteiger partial charge in [-0.25, -0.2) is 13.1 Å². The molecule has 0 unspecified atom stereocenters. The highest BCUT2D eigenvalue weighted by Crippen LogP contribution is 2.29. The molecule has 0 aromatic heterocycles. The van der Waals surface area contributed by atoms with Crippen molar-refractivity contribution in [2.75, 3.05) is 25.1 Å². The standard InChI is InChI=1S/C21H26N2O5S/c1-4-13-22-29(25,26)15-16-7-10-18(11-8-16)23-21(24)17-9-12-19(27-5-2)20(14-17)28-6-3/h4,7-12,14,22H,1,5-6,13,15H2,2-3H3,(H,23,24). The van der Waals surface area contributed by atoms with Crippen molar-refractivity contribution in [2.45, 2.75) is 19.6 Å². The van der Waals surface area contributed by atoms with Crippen LogP contribution in [0.2, 0.25) is 0 Å². The van der Waals surface area contributed by atoms with E-state index in [1.807, 2.05) is 13.8 Å². The molecule has 0 bridgehead atoms. The number of carbonyl (C=O) groups is 1. The summed E-state index contributed by atoms with van der Waals surface area (Å²) in [5.41, 5.74) is 1.60. The van der Waals surface area contributed by atoms with E-state index >= 15 is 0 Å². The minimum atomic E-state index is -3.43. The first-order valence-electron chi connectivity index (χ1n) is 9.26. The van der Waals surface area contributed by atoms with Crippen molar-refractivity contribution in [3.8, 4) is 11.5 Å². The predicted molar refractivity (Wildman–Crippen MR) is 114 cm³/mol. The highest BCUT2D eigenvalue weighted by atomic mass is 32.2. The zero-order chi connectivity index (χ0) is 21.3. The fourth-order valence-corrected chi connectivity index (χ4v) is 3.64. The van der Waals surface area contributed by atoms with Gasteiger partial charge >= 0.3 is 0 Å². The van der Waals surface area contributed by atoms with Gasteiger partial charge in [-0.2, -0.15) is 0 Å². The van der Waals surface area contributed by atoms with Gasteiger partial charge < -0.3 is 14.8 Å². The molecular formula is C21H26N2O5S. The lowest BCUT2D eigenvalue weighted by atomic mass is 10.1. The zero-order valence-corrected chi connectivity index (χ0v) is 17.4. The Morgan fingerprint density at radius 3 is 2.31 bits per heavy atom. The van der Waals surface area contributed by atoms with E-state index in [4.69, 9.17) is 9.47 Å².